The second-order valence-electron chi connectivity index (χ2n) is 7.66. The van der Waals surface area contributed by atoms with Crippen molar-refractivity contribution in [3.63, 3.8) is 0 Å². The van der Waals surface area contributed by atoms with E-state index in [-0.39, 0.29) is 17.5 Å². The van der Waals surface area contributed by atoms with E-state index < -0.39 is 5.82 Å². The summed E-state index contributed by atoms with van der Waals surface area (Å²) < 4.78 is 21.8. The summed E-state index contributed by atoms with van der Waals surface area (Å²) in [6.07, 6.45) is 4.47. The van der Waals surface area contributed by atoms with E-state index >= 15 is 0 Å². The molecular weight excluding hydrogens is 437 g/mol. The molecule has 0 atom stereocenters. The highest BCUT2D eigenvalue weighted by Gasteiger charge is 2.15. The largest absolute Gasteiger partial charge is 0.378 e. The van der Waals surface area contributed by atoms with Gasteiger partial charge in [-0.1, -0.05) is 12.6 Å². The van der Waals surface area contributed by atoms with Crippen molar-refractivity contribution in [2.45, 2.75) is 0 Å². The molecule has 10 heteroatoms. The van der Waals surface area contributed by atoms with Crippen LogP contribution in [0.25, 0.3) is 16.7 Å². The van der Waals surface area contributed by atoms with Gasteiger partial charge < -0.3 is 20.3 Å². The van der Waals surface area contributed by atoms with Gasteiger partial charge in [0.2, 0.25) is 11.9 Å². The lowest BCUT2D eigenvalue weighted by molar-refractivity contribution is -0.111. The molecule has 1 saturated heterocycles. The number of amides is 1. The van der Waals surface area contributed by atoms with Gasteiger partial charge in [-0.15, -0.1) is 0 Å². The van der Waals surface area contributed by atoms with Gasteiger partial charge in [0.1, 0.15) is 5.82 Å². The number of aromatic nitrogens is 4. The number of carbonyl (C=O) groups is 1. The smallest absolute Gasteiger partial charge is 0.247 e. The molecule has 9 nitrogen and oxygen atoms in total. The van der Waals surface area contributed by atoms with Crippen molar-refractivity contribution in [2.75, 3.05) is 41.8 Å². The number of benzene rings is 2. The Kier molecular flexibility index (Phi) is 5.88. The molecule has 1 aliphatic rings. The number of nitrogens with one attached hydrogen (secondary N) is 2. The molecule has 172 valence electrons. The standard InChI is InChI=1S/C24H22FN7O2/c1-2-22(33)28-17-4-3-5-19(12-17)32-23-16(15-27-32)14-26-24(30-23)29-21-7-6-18(13-20(21)25)31-8-10-34-11-9-31/h2-7,12-15H,1,8-11H2,(H,28,33)(H,26,29,30). The Balaban J connectivity index is 1.41. The molecule has 0 saturated carbocycles. The van der Waals surface area contributed by atoms with E-state index in [0.29, 0.717) is 35.6 Å². The molecule has 5 rings (SSSR count). The first-order chi connectivity index (χ1) is 16.6. The fourth-order valence-corrected chi connectivity index (χ4v) is 3.72. The number of carbonyl (C=O) groups excluding carboxylic acids is 1. The summed E-state index contributed by atoms with van der Waals surface area (Å²) in [5.74, 6) is -0.465. The van der Waals surface area contributed by atoms with E-state index in [4.69, 9.17) is 4.74 Å². The molecule has 2 aromatic heterocycles. The number of rotatable bonds is 6. The van der Waals surface area contributed by atoms with E-state index in [1.807, 2.05) is 12.1 Å². The van der Waals surface area contributed by atoms with Gasteiger partial charge in [-0.2, -0.15) is 10.1 Å². The van der Waals surface area contributed by atoms with E-state index in [0.717, 1.165) is 18.8 Å². The fourth-order valence-electron chi connectivity index (χ4n) is 3.72. The SMILES string of the molecule is C=CC(=O)Nc1cccc(-n2ncc3cnc(Nc4ccc(N5CCOCC5)cc4F)nc32)c1. The summed E-state index contributed by atoms with van der Waals surface area (Å²) in [5, 5.41) is 10.8. The molecule has 0 radical (unpaired) electrons. The van der Waals surface area contributed by atoms with Crippen molar-refractivity contribution in [3.8, 4) is 5.69 Å². The molecule has 1 amide bonds. The molecule has 0 bridgehead atoms. The maximum Gasteiger partial charge on any atom is 0.247 e. The predicted octanol–water partition coefficient (Wildman–Crippen LogP) is 3.66. The van der Waals surface area contributed by atoms with E-state index in [2.05, 4.69) is 37.2 Å². The topological polar surface area (TPSA) is 97.2 Å². The molecule has 0 spiro atoms. The third-order valence-corrected chi connectivity index (χ3v) is 5.43. The normalized spacial score (nSPS) is 13.6. The predicted molar refractivity (Wildman–Crippen MR) is 128 cm³/mol. The van der Waals surface area contributed by atoms with Crippen LogP contribution in [-0.4, -0.2) is 52.0 Å². The molecule has 4 aromatic rings. The van der Waals surface area contributed by atoms with Crippen LogP contribution in [0.1, 0.15) is 0 Å². The molecule has 34 heavy (non-hydrogen) atoms. The monoisotopic (exact) mass is 459 g/mol. The summed E-state index contributed by atoms with van der Waals surface area (Å²) in [7, 11) is 0. The fraction of sp³-hybridized carbons (Fsp3) is 0.167. The van der Waals surface area contributed by atoms with Crippen LogP contribution in [0.5, 0.6) is 0 Å². The first-order valence-corrected chi connectivity index (χ1v) is 10.7. The van der Waals surface area contributed by atoms with E-state index in [1.165, 1.54) is 12.1 Å². The molecule has 0 unspecified atom stereocenters. The minimum atomic E-state index is -0.396. The number of ether oxygens (including phenoxy) is 1. The second-order valence-corrected chi connectivity index (χ2v) is 7.66. The third kappa shape index (κ3) is 4.44. The second kappa shape index (κ2) is 9.28. The first-order valence-electron chi connectivity index (χ1n) is 10.7. The summed E-state index contributed by atoms with van der Waals surface area (Å²) in [4.78, 5) is 22.6. The number of anilines is 4. The maximum atomic E-state index is 14.8. The average Bonchev–Trinajstić information content (AvgIpc) is 3.29. The number of nitrogens with zero attached hydrogens (tertiary/aromatic N) is 5. The van der Waals surface area contributed by atoms with Crippen molar-refractivity contribution in [3.05, 3.63) is 73.3 Å². The van der Waals surface area contributed by atoms with Crippen LogP contribution in [0.2, 0.25) is 0 Å². The molecule has 0 aliphatic carbocycles. The number of halogens is 1. The van der Waals surface area contributed by atoms with Gasteiger partial charge in [0.05, 0.1) is 36.2 Å². The minimum absolute atomic E-state index is 0.239. The lowest BCUT2D eigenvalue weighted by atomic mass is 10.2. The van der Waals surface area contributed by atoms with Crippen LogP contribution < -0.4 is 15.5 Å². The zero-order valence-electron chi connectivity index (χ0n) is 18.2. The molecule has 2 aromatic carbocycles. The number of hydrogen-bond donors (Lipinski definition) is 2. The van der Waals surface area contributed by atoms with Crippen LogP contribution in [-0.2, 0) is 9.53 Å². The zero-order valence-corrected chi connectivity index (χ0v) is 18.2. The highest BCUT2D eigenvalue weighted by Crippen LogP contribution is 2.26. The van der Waals surface area contributed by atoms with Crippen LogP contribution in [0.15, 0.2) is 67.5 Å². The molecule has 1 fully saturated rings. The first kappa shape index (κ1) is 21.5. The van der Waals surface area contributed by atoms with Crippen LogP contribution in [0.3, 0.4) is 0 Å². The summed E-state index contributed by atoms with van der Waals surface area (Å²) in [6.45, 7) is 6.19. The highest BCUT2D eigenvalue weighted by atomic mass is 19.1. The summed E-state index contributed by atoms with van der Waals surface area (Å²) in [5.41, 5.74) is 2.92. The average molecular weight is 459 g/mol. The Bertz CT molecular complexity index is 1360. The maximum absolute atomic E-state index is 14.8. The number of hydrogen-bond acceptors (Lipinski definition) is 7. The summed E-state index contributed by atoms with van der Waals surface area (Å²) in [6, 6.07) is 12.2. The van der Waals surface area contributed by atoms with Gasteiger partial charge in [0.15, 0.2) is 5.65 Å². The zero-order chi connectivity index (χ0) is 23.5. The molecule has 2 N–H and O–H groups in total. The Morgan fingerprint density at radius 2 is 1.97 bits per heavy atom. The van der Waals surface area contributed by atoms with Gasteiger partial charge in [0.25, 0.3) is 0 Å². The third-order valence-electron chi connectivity index (χ3n) is 5.43. The number of fused-ring (bicyclic) bond motifs is 1. The van der Waals surface area contributed by atoms with Gasteiger partial charge >= 0.3 is 0 Å². The van der Waals surface area contributed by atoms with Gasteiger partial charge in [0, 0.05) is 30.7 Å². The Morgan fingerprint density at radius 3 is 2.76 bits per heavy atom. The highest BCUT2D eigenvalue weighted by molar-refractivity contribution is 5.99. The summed E-state index contributed by atoms with van der Waals surface area (Å²) >= 11 is 0. The Morgan fingerprint density at radius 1 is 1.12 bits per heavy atom. The lowest BCUT2D eigenvalue weighted by Crippen LogP contribution is -2.36. The van der Waals surface area contributed by atoms with Crippen molar-refractivity contribution < 1.29 is 13.9 Å². The molecule has 3 heterocycles. The van der Waals surface area contributed by atoms with Gasteiger partial charge in [-0.25, -0.2) is 14.1 Å². The van der Waals surface area contributed by atoms with Crippen molar-refractivity contribution in [1.82, 2.24) is 19.7 Å². The molecule has 1 aliphatic heterocycles. The Labute approximate surface area is 194 Å². The van der Waals surface area contributed by atoms with Crippen LogP contribution in [0, 0.1) is 5.82 Å². The van der Waals surface area contributed by atoms with Crippen molar-refractivity contribution in [2.24, 2.45) is 0 Å². The van der Waals surface area contributed by atoms with Crippen molar-refractivity contribution >= 4 is 40.0 Å². The van der Waals surface area contributed by atoms with Gasteiger partial charge in [-0.05, 0) is 42.5 Å². The Hall–Kier alpha value is -4.31. The molecular formula is C24H22FN7O2. The quantitative estimate of drug-likeness (QED) is 0.425. The van der Waals surface area contributed by atoms with E-state index in [1.54, 1.807) is 41.3 Å². The van der Waals surface area contributed by atoms with Crippen LogP contribution in [0.4, 0.5) is 27.4 Å². The van der Waals surface area contributed by atoms with Crippen molar-refractivity contribution in [1.29, 1.82) is 0 Å². The van der Waals surface area contributed by atoms with E-state index in [9.17, 15) is 9.18 Å². The number of morpholine rings is 1. The van der Waals surface area contributed by atoms with Crippen LogP contribution >= 0.6 is 0 Å². The minimum Gasteiger partial charge on any atom is -0.378 e. The van der Waals surface area contributed by atoms with Gasteiger partial charge in [-0.3, -0.25) is 4.79 Å². The lowest BCUT2D eigenvalue weighted by Gasteiger charge is -2.29.